The quantitative estimate of drug-likeness (QED) is 0.152. The second-order valence-corrected chi connectivity index (χ2v) is 9.57. The number of allylic oxidation sites excluding steroid dienone is 1. The number of nitrogens with zero attached hydrogens (tertiary/aromatic N) is 2. The molecule has 0 bridgehead atoms. The molecule has 1 aliphatic rings. The van der Waals surface area contributed by atoms with E-state index in [1.165, 1.54) is 69.8 Å². The number of hydrogen-bond donors (Lipinski definition) is 3. The van der Waals surface area contributed by atoms with Gasteiger partial charge in [-0.3, -0.25) is 9.79 Å². The molecule has 0 heterocycles. The van der Waals surface area contributed by atoms with E-state index in [0.29, 0.717) is 29.5 Å². The first-order chi connectivity index (χ1) is 20.0. The van der Waals surface area contributed by atoms with E-state index in [0.717, 1.165) is 11.1 Å². The average Bonchev–Trinajstić information content (AvgIpc) is 3.01. The number of rotatable bonds is 9. The molecule has 9 heteroatoms. The molecule has 1 aliphatic carbocycles. The van der Waals surface area contributed by atoms with Crippen molar-refractivity contribution < 1.29 is 14.0 Å². The topological polar surface area (TPSA) is 129 Å². The van der Waals surface area contributed by atoms with Gasteiger partial charge in [0.25, 0.3) is 0 Å². The van der Waals surface area contributed by atoms with Gasteiger partial charge in [-0.1, -0.05) is 72.4 Å². The summed E-state index contributed by atoms with van der Waals surface area (Å²) in [6.07, 6.45) is 11.4. The Hall–Kier alpha value is -3.69. The van der Waals surface area contributed by atoms with Crippen LogP contribution in [0, 0.1) is 5.82 Å². The van der Waals surface area contributed by atoms with Gasteiger partial charge in [0, 0.05) is 46.4 Å². The van der Waals surface area contributed by atoms with E-state index < -0.39 is 5.82 Å². The first-order valence-electron chi connectivity index (χ1n) is 13.5. The Balaban J connectivity index is 0.000000561. The van der Waals surface area contributed by atoms with Crippen LogP contribution >= 0.6 is 11.6 Å². The summed E-state index contributed by atoms with van der Waals surface area (Å²) in [5.74, 6) is -1.02. The molecule has 0 saturated heterocycles. The van der Waals surface area contributed by atoms with Crippen molar-refractivity contribution in [2.75, 3.05) is 13.6 Å². The molecule has 4 rings (SSSR count). The van der Waals surface area contributed by atoms with E-state index in [2.05, 4.69) is 22.6 Å². The minimum Gasteiger partial charge on any atom is -0.354 e. The zero-order valence-corrected chi connectivity index (χ0v) is 24.1. The maximum absolute atomic E-state index is 15.4. The number of carbonyl (C=O) groups is 1. The minimum absolute atomic E-state index is 0.0340. The summed E-state index contributed by atoms with van der Waals surface area (Å²) in [6, 6.07) is 18.3. The summed E-state index contributed by atoms with van der Waals surface area (Å²) in [5.41, 5.74) is 18.6. The van der Waals surface area contributed by atoms with E-state index in [-0.39, 0.29) is 22.8 Å². The van der Waals surface area contributed by atoms with Crippen molar-refractivity contribution in [3.8, 4) is 16.9 Å². The van der Waals surface area contributed by atoms with Crippen LogP contribution in [0.1, 0.15) is 59.5 Å². The van der Waals surface area contributed by atoms with Crippen LogP contribution in [0.2, 0.25) is 5.02 Å². The van der Waals surface area contributed by atoms with Crippen LogP contribution in [0.25, 0.3) is 11.1 Å². The molecule has 41 heavy (non-hydrogen) atoms. The van der Waals surface area contributed by atoms with Crippen molar-refractivity contribution in [1.29, 1.82) is 0 Å². The van der Waals surface area contributed by atoms with E-state index in [9.17, 15) is 4.79 Å². The number of halogens is 2. The predicted molar refractivity (Wildman–Crippen MR) is 169 cm³/mol. The lowest BCUT2D eigenvalue weighted by atomic mass is 9.88. The monoisotopic (exact) mass is 579 g/mol. The standard InChI is InChI=1S/C25H21ClFN3O2.C6H13N.CH5N/c1-29-12-5-13-30-32-23-11-9-19(16-31)24(25(23)27)20-14-18(8-10-22(20)26)21(15-28)17-6-3-2-4-7-17;7-6-4-2-1-3-5-6;1-2/h2-14,16,21H,1,15,28H2;6H,1-5,7H2;2H2,1H3/b12-5-,30-13-;;. The summed E-state index contributed by atoms with van der Waals surface area (Å²) in [6.45, 7) is 3.64. The third-order valence-electron chi connectivity index (χ3n) is 6.50. The lowest BCUT2D eigenvalue weighted by Gasteiger charge is -2.18. The van der Waals surface area contributed by atoms with Crippen molar-refractivity contribution >= 4 is 30.8 Å². The molecule has 6 N–H and O–H groups in total. The number of aldehydes is 1. The molecule has 1 unspecified atom stereocenters. The molecule has 3 aromatic carbocycles. The fourth-order valence-corrected chi connectivity index (χ4v) is 4.68. The van der Waals surface area contributed by atoms with Crippen LogP contribution in [0.3, 0.4) is 0 Å². The molecule has 1 saturated carbocycles. The first-order valence-corrected chi connectivity index (χ1v) is 13.8. The summed E-state index contributed by atoms with van der Waals surface area (Å²) in [7, 11) is 1.50. The molecule has 218 valence electrons. The lowest BCUT2D eigenvalue weighted by molar-refractivity contribution is 0.112. The number of nitrogens with two attached hydrogens (primary N) is 3. The van der Waals surface area contributed by atoms with Crippen LogP contribution in [0.15, 0.2) is 83.1 Å². The maximum atomic E-state index is 15.4. The van der Waals surface area contributed by atoms with Crippen molar-refractivity contribution in [2.24, 2.45) is 27.3 Å². The number of benzene rings is 3. The molecule has 1 atom stereocenters. The van der Waals surface area contributed by atoms with Crippen LogP contribution < -0.4 is 22.0 Å². The van der Waals surface area contributed by atoms with E-state index in [1.54, 1.807) is 12.1 Å². The van der Waals surface area contributed by atoms with Crippen molar-refractivity contribution in [3.05, 3.63) is 100 Å². The lowest BCUT2D eigenvalue weighted by Crippen LogP contribution is -2.22. The zero-order valence-electron chi connectivity index (χ0n) is 23.4. The Labute approximate surface area is 246 Å². The third-order valence-corrected chi connectivity index (χ3v) is 6.83. The maximum Gasteiger partial charge on any atom is 0.194 e. The van der Waals surface area contributed by atoms with Gasteiger partial charge in [-0.2, -0.15) is 0 Å². The number of oxime groups is 1. The Morgan fingerprint density at radius 3 is 2.37 bits per heavy atom. The largest absolute Gasteiger partial charge is 0.354 e. The molecule has 0 aromatic heterocycles. The highest BCUT2D eigenvalue weighted by Gasteiger charge is 2.21. The molecule has 3 aromatic rings. The number of aliphatic imine (C=N–C) groups is 1. The molecule has 0 aliphatic heterocycles. The average molecular weight is 580 g/mol. The van der Waals surface area contributed by atoms with Gasteiger partial charge in [0.05, 0.1) is 6.21 Å². The highest BCUT2D eigenvalue weighted by molar-refractivity contribution is 6.33. The van der Waals surface area contributed by atoms with Gasteiger partial charge in [0.1, 0.15) is 0 Å². The van der Waals surface area contributed by atoms with Crippen LogP contribution in [0.5, 0.6) is 5.75 Å². The molecular formula is C32H39ClFN5O2. The van der Waals surface area contributed by atoms with Crippen molar-refractivity contribution in [1.82, 2.24) is 0 Å². The fraction of sp³-hybridized carbons (Fsp3) is 0.281. The Bertz CT molecular complexity index is 1290. The van der Waals surface area contributed by atoms with Gasteiger partial charge in [0.2, 0.25) is 0 Å². The summed E-state index contributed by atoms with van der Waals surface area (Å²) in [4.78, 5) is 20.4. The van der Waals surface area contributed by atoms with Gasteiger partial charge in [0.15, 0.2) is 17.9 Å². The third kappa shape index (κ3) is 10.0. The molecule has 1 fully saturated rings. The molecular weight excluding hydrogens is 541 g/mol. The van der Waals surface area contributed by atoms with Crippen LogP contribution in [-0.4, -0.2) is 38.9 Å². The van der Waals surface area contributed by atoms with Crippen molar-refractivity contribution in [3.63, 3.8) is 0 Å². The fourth-order valence-electron chi connectivity index (χ4n) is 4.47. The predicted octanol–water partition coefficient (Wildman–Crippen LogP) is 6.48. The summed E-state index contributed by atoms with van der Waals surface area (Å²) in [5, 5.41) is 3.97. The summed E-state index contributed by atoms with van der Waals surface area (Å²) < 4.78 is 15.4. The van der Waals surface area contributed by atoms with Crippen LogP contribution in [0.4, 0.5) is 4.39 Å². The molecule has 0 radical (unpaired) electrons. The SMILES string of the molecule is C=N/C=C\C=N/Oc1ccc(C=O)c(-c2cc(C(CN)c3ccccc3)ccc2Cl)c1F.CN.NC1CCCCC1. The number of carbonyl (C=O) groups excluding carboxylic acids is 1. The summed E-state index contributed by atoms with van der Waals surface area (Å²) >= 11 is 6.43. The second kappa shape index (κ2) is 18.6. The van der Waals surface area contributed by atoms with E-state index >= 15 is 4.39 Å². The Morgan fingerprint density at radius 1 is 1.07 bits per heavy atom. The van der Waals surface area contributed by atoms with Gasteiger partial charge in [-0.05, 0) is 68.1 Å². The van der Waals surface area contributed by atoms with E-state index in [4.69, 9.17) is 27.9 Å². The van der Waals surface area contributed by atoms with Crippen LogP contribution in [-0.2, 0) is 0 Å². The van der Waals surface area contributed by atoms with Gasteiger partial charge >= 0.3 is 0 Å². The molecule has 7 nitrogen and oxygen atoms in total. The minimum atomic E-state index is -0.749. The van der Waals surface area contributed by atoms with Gasteiger partial charge in [-0.25, -0.2) is 4.39 Å². The van der Waals surface area contributed by atoms with Crippen molar-refractivity contribution in [2.45, 2.75) is 44.1 Å². The smallest absolute Gasteiger partial charge is 0.194 e. The highest BCUT2D eigenvalue weighted by Crippen LogP contribution is 2.38. The van der Waals surface area contributed by atoms with Gasteiger partial charge < -0.3 is 22.0 Å². The molecule has 0 amide bonds. The second-order valence-electron chi connectivity index (χ2n) is 9.17. The Kier molecular flexibility index (Phi) is 15.2. The number of hydrogen-bond acceptors (Lipinski definition) is 7. The Morgan fingerprint density at radius 2 is 1.78 bits per heavy atom. The highest BCUT2D eigenvalue weighted by atomic mass is 35.5. The van der Waals surface area contributed by atoms with E-state index in [1.807, 2.05) is 36.4 Å². The van der Waals surface area contributed by atoms with Gasteiger partial charge in [-0.15, -0.1) is 0 Å². The first kappa shape index (κ1) is 33.5. The molecule has 0 spiro atoms. The zero-order chi connectivity index (χ0) is 30.0. The normalized spacial score (nSPS) is 14.0.